The zero-order valence-corrected chi connectivity index (χ0v) is 20.7. The molecule has 3 aromatic carbocycles. The number of nitrogens with zero attached hydrogens (tertiary/aromatic N) is 2. The summed E-state index contributed by atoms with van der Waals surface area (Å²) in [6, 6.07) is 19.8. The molecule has 8 heteroatoms. The van der Waals surface area contributed by atoms with Gasteiger partial charge in [0.05, 0.1) is 41.6 Å². The summed E-state index contributed by atoms with van der Waals surface area (Å²) in [7, 11) is 2.61. The van der Waals surface area contributed by atoms with Gasteiger partial charge in [0.25, 0.3) is 5.56 Å². The third kappa shape index (κ3) is 3.95. The molecular formula is C28H22N2O5S. The molecule has 2 heterocycles. The number of rotatable bonds is 4. The first-order chi connectivity index (χ1) is 17.4. The predicted molar refractivity (Wildman–Crippen MR) is 138 cm³/mol. The Morgan fingerprint density at radius 2 is 1.64 bits per heavy atom. The van der Waals surface area contributed by atoms with Crippen LogP contribution in [0.25, 0.3) is 16.8 Å². The lowest BCUT2D eigenvalue weighted by Crippen LogP contribution is -2.39. The van der Waals surface area contributed by atoms with Gasteiger partial charge in [-0.3, -0.25) is 9.36 Å². The van der Waals surface area contributed by atoms with Crippen molar-refractivity contribution in [3.8, 4) is 0 Å². The van der Waals surface area contributed by atoms with E-state index in [0.717, 1.165) is 16.3 Å². The van der Waals surface area contributed by atoms with Crippen molar-refractivity contribution in [2.45, 2.75) is 13.0 Å². The van der Waals surface area contributed by atoms with Crippen molar-refractivity contribution in [2.75, 3.05) is 14.2 Å². The van der Waals surface area contributed by atoms with Crippen LogP contribution in [0.3, 0.4) is 0 Å². The van der Waals surface area contributed by atoms with Gasteiger partial charge in [0.2, 0.25) is 0 Å². The maximum Gasteiger partial charge on any atom is 0.338 e. The van der Waals surface area contributed by atoms with Crippen LogP contribution in [-0.4, -0.2) is 30.7 Å². The van der Waals surface area contributed by atoms with Gasteiger partial charge in [-0.15, -0.1) is 0 Å². The summed E-state index contributed by atoms with van der Waals surface area (Å²) in [5, 5.41) is 2.11. The van der Waals surface area contributed by atoms with E-state index in [1.807, 2.05) is 48.5 Å². The van der Waals surface area contributed by atoms with Gasteiger partial charge in [-0.1, -0.05) is 65.9 Å². The van der Waals surface area contributed by atoms with E-state index >= 15 is 0 Å². The summed E-state index contributed by atoms with van der Waals surface area (Å²) in [5.74, 6) is -1.04. The molecule has 0 fully saturated rings. The molecule has 0 spiro atoms. The fourth-order valence-corrected chi connectivity index (χ4v) is 5.48. The van der Waals surface area contributed by atoms with Gasteiger partial charge in [-0.05, 0) is 47.0 Å². The van der Waals surface area contributed by atoms with Gasteiger partial charge in [0, 0.05) is 0 Å². The first-order valence-corrected chi connectivity index (χ1v) is 12.0. The summed E-state index contributed by atoms with van der Waals surface area (Å²) in [4.78, 5) is 43.6. The number of aromatic nitrogens is 1. The standard InChI is InChI=1S/C28H22N2O5S/c1-16-23(27(33)35-3)24(18-11-13-19(14-12-18)26(32)34-2)30-25(31)22(36-28(30)29-16)15-20-9-6-8-17-7-4-5-10-21(17)20/h4-15,24H,1-3H3/b22-15-/t24-/m1/s1. The molecule has 0 N–H and O–H groups in total. The summed E-state index contributed by atoms with van der Waals surface area (Å²) in [6.07, 6.45) is 1.86. The number of methoxy groups -OCH3 is 2. The van der Waals surface area contributed by atoms with Gasteiger partial charge < -0.3 is 9.47 Å². The Kier molecular flexibility index (Phi) is 6.12. The molecule has 0 amide bonds. The lowest BCUT2D eigenvalue weighted by atomic mass is 9.95. The van der Waals surface area contributed by atoms with Crippen LogP contribution < -0.4 is 14.9 Å². The summed E-state index contributed by atoms with van der Waals surface area (Å²) < 4.78 is 11.9. The van der Waals surface area contributed by atoms with Crippen molar-refractivity contribution in [3.05, 3.63) is 114 Å². The van der Waals surface area contributed by atoms with Crippen LogP contribution in [0, 0.1) is 0 Å². The van der Waals surface area contributed by atoms with Crippen LogP contribution in [0.15, 0.2) is 87.8 Å². The summed E-state index contributed by atoms with van der Waals surface area (Å²) >= 11 is 1.27. The Bertz CT molecular complexity index is 1720. The maximum atomic E-state index is 13.8. The zero-order valence-electron chi connectivity index (χ0n) is 19.8. The van der Waals surface area contributed by atoms with Gasteiger partial charge in [-0.2, -0.15) is 0 Å². The largest absolute Gasteiger partial charge is 0.466 e. The van der Waals surface area contributed by atoms with Crippen molar-refractivity contribution < 1.29 is 19.1 Å². The minimum atomic E-state index is -0.755. The monoisotopic (exact) mass is 498 g/mol. The number of benzene rings is 3. The molecular weight excluding hydrogens is 476 g/mol. The molecule has 0 unspecified atom stereocenters. The number of hydrogen-bond acceptors (Lipinski definition) is 7. The second-order valence-electron chi connectivity index (χ2n) is 8.26. The summed E-state index contributed by atoms with van der Waals surface area (Å²) in [5.41, 5.74) is 2.42. The Morgan fingerprint density at radius 1 is 0.944 bits per heavy atom. The van der Waals surface area contributed by atoms with Gasteiger partial charge in [-0.25, -0.2) is 14.6 Å². The Labute approximate surface area is 210 Å². The smallest absolute Gasteiger partial charge is 0.338 e. The Balaban J connectivity index is 1.73. The minimum Gasteiger partial charge on any atom is -0.466 e. The topological polar surface area (TPSA) is 87.0 Å². The van der Waals surface area contributed by atoms with Crippen molar-refractivity contribution >= 4 is 40.1 Å². The SMILES string of the molecule is COC(=O)C1=C(C)N=c2s/c(=C\c3cccc4ccccc34)c(=O)n2[C@@H]1c1ccc(C(=O)OC)cc1. The number of fused-ring (bicyclic) bond motifs is 2. The van der Waals surface area contributed by atoms with E-state index in [2.05, 4.69) is 4.99 Å². The molecule has 0 bridgehead atoms. The van der Waals surface area contributed by atoms with Crippen molar-refractivity contribution in [1.82, 2.24) is 4.57 Å². The van der Waals surface area contributed by atoms with Crippen LogP contribution in [0.5, 0.6) is 0 Å². The van der Waals surface area contributed by atoms with Crippen molar-refractivity contribution in [3.63, 3.8) is 0 Å². The molecule has 1 atom stereocenters. The molecule has 0 aliphatic carbocycles. The number of carbonyl (C=O) groups is 2. The number of allylic oxidation sites excluding steroid dienone is 1. The Morgan fingerprint density at radius 3 is 2.36 bits per heavy atom. The highest BCUT2D eigenvalue weighted by molar-refractivity contribution is 7.07. The van der Waals surface area contributed by atoms with Crippen LogP contribution >= 0.6 is 11.3 Å². The van der Waals surface area contributed by atoms with E-state index < -0.39 is 18.0 Å². The minimum absolute atomic E-state index is 0.261. The highest BCUT2D eigenvalue weighted by Crippen LogP contribution is 2.31. The van der Waals surface area contributed by atoms with Crippen LogP contribution in [0.1, 0.15) is 34.5 Å². The first kappa shape index (κ1) is 23.4. The highest BCUT2D eigenvalue weighted by Gasteiger charge is 2.33. The van der Waals surface area contributed by atoms with E-state index in [1.54, 1.807) is 31.2 Å². The van der Waals surface area contributed by atoms with E-state index in [0.29, 0.717) is 26.2 Å². The number of carbonyl (C=O) groups excluding carboxylic acids is 2. The number of ether oxygens (including phenoxy) is 2. The molecule has 7 nitrogen and oxygen atoms in total. The number of esters is 2. The quantitative estimate of drug-likeness (QED) is 0.403. The molecule has 1 aliphatic rings. The zero-order chi connectivity index (χ0) is 25.4. The second kappa shape index (κ2) is 9.39. The molecule has 1 aliphatic heterocycles. The second-order valence-corrected chi connectivity index (χ2v) is 9.26. The van der Waals surface area contributed by atoms with Crippen LogP contribution in [-0.2, 0) is 14.3 Å². The molecule has 0 saturated carbocycles. The van der Waals surface area contributed by atoms with Crippen molar-refractivity contribution in [2.24, 2.45) is 4.99 Å². The van der Waals surface area contributed by atoms with Crippen molar-refractivity contribution in [1.29, 1.82) is 0 Å². The average Bonchev–Trinajstić information content (AvgIpc) is 3.21. The third-order valence-corrected chi connectivity index (χ3v) is 7.17. The third-order valence-electron chi connectivity index (χ3n) is 6.18. The maximum absolute atomic E-state index is 13.8. The fourth-order valence-electron chi connectivity index (χ4n) is 4.44. The lowest BCUT2D eigenvalue weighted by molar-refractivity contribution is -0.136. The van der Waals surface area contributed by atoms with E-state index in [4.69, 9.17) is 9.47 Å². The molecule has 5 rings (SSSR count). The molecule has 0 saturated heterocycles. The van der Waals surface area contributed by atoms with Gasteiger partial charge >= 0.3 is 11.9 Å². The highest BCUT2D eigenvalue weighted by atomic mass is 32.1. The molecule has 1 aromatic heterocycles. The predicted octanol–water partition coefficient (Wildman–Crippen LogP) is 3.35. The normalized spacial score (nSPS) is 15.4. The van der Waals surface area contributed by atoms with E-state index in [1.165, 1.54) is 30.1 Å². The Hall–Kier alpha value is -4.30. The lowest BCUT2D eigenvalue weighted by Gasteiger charge is -2.24. The number of hydrogen-bond donors (Lipinski definition) is 0. The molecule has 36 heavy (non-hydrogen) atoms. The van der Waals surface area contributed by atoms with E-state index in [-0.39, 0.29) is 11.1 Å². The average molecular weight is 499 g/mol. The van der Waals surface area contributed by atoms with Crippen LogP contribution in [0.4, 0.5) is 0 Å². The molecule has 0 radical (unpaired) electrons. The van der Waals surface area contributed by atoms with Gasteiger partial charge in [0.15, 0.2) is 4.80 Å². The summed E-state index contributed by atoms with van der Waals surface area (Å²) in [6.45, 7) is 1.73. The fraction of sp³-hybridized carbons (Fsp3) is 0.143. The van der Waals surface area contributed by atoms with Gasteiger partial charge in [0.1, 0.15) is 0 Å². The van der Waals surface area contributed by atoms with E-state index in [9.17, 15) is 14.4 Å². The van der Waals surface area contributed by atoms with Crippen LogP contribution in [0.2, 0.25) is 0 Å². The first-order valence-electron chi connectivity index (χ1n) is 11.2. The molecule has 180 valence electrons. The molecule has 4 aromatic rings. The number of thiazole rings is 1.